The summed E-state index contributed by atoms with van der Waals surface area (Å²) in [6, 6.07) is 3.32. The number of ether oxygens (including phenoxy) is 1. The third-order valence-corrected chi connectivity index (χ3v) is 3.90. The summed E-state index contributed by atoms with van der Waals surface area (Å²) in [6.45, 7) is 4.61. The van der Waals surface area contributed by atoms with Gasteiger partial charge in [0.05, 0.1) is 11.6 Å². The molecule has 1 aromatic carbocycles. The largest absolute Gasteiger partial charge is 0.573 e. The van der Waals surface area contributed by atoms with Crippen molar-refractivity contribution in [2.75, 3.05) is 5.32 Å². The molecular formula is C17H17F4N5O2. The molecule has 2 aromatic heterocycles. The number of alkyl halides is 3. The van der Waals surface area contributed by atoms with E-state index >= 15 is 0 Å². The van der Waals surface area contributed by atoms with Gasteiger partial charge in [-0.2, -0.15) is 14.6 Å². The Kier molecular flexibility index (Phi) is 4.88. The Balaban J connectivity index is 2.01. The zero-order valence-corrected chi connectivity index (χ0v) is 15.1. The van der Waals surface area contributed by atoms with Crippen LogP contribution in [0.25, 0.3) is 5.78 Å². The fourth-order valence-electron chi connectivity index (χ4n) is 2.76. The Labute approximate surface area is 157 Å². The summed E-state index contributed by atoms with van der Waals surface area (Å²) in [6.07, 6.45) is -3.65. The fraction of sp³-hybridized carbons (Fsp3) is 0.353. The zero-order valence-electron chi connectivity index (χ0n) is 15.1. The van der Waals surface area contributed by atoms with Crippen molar-refractivity contribution >= 4 is 11.6 Å². The molecule has 2 N–H and O–H groups in total. The molecule has 7 nitrogen and oxygen atoms in total. The van der Waals surface area contributed by atoms with Crippen molar-refractivity contribution in [1.82, 2.24) is 19.6 Å². The van der Waals surface area contributed by atoms with Crippen LogP contribution in [0.3, 0.4) is 0 Å². The van der Waals surface area contributed by atoms with E-state index in [0.29, 0.717) is 23.4 Å². The van der Waals surface area contributed by atoms with E-state index in [0.717, 1.165) is 12.1 Å². The smallest absolute Gasteiger partial charge is 0.406 e. The molecule has 150 valence electrons. The van der Waals surface area contributed by atoms with Crippen LogP contribution in [0.4, 0.5) is 23.4 Å². The topological polar surface area (TPSA) is 84.6 Å². The van der Waals surface area contributed by atoms with Crippen LogP contribution in [0.5, 0.6) is 5.75 Å². The van der Waals surface area contributed by atoms with Gasteiger partial charge < -0.3 is 15.2 Å². The van der Waals surface area contributed by atoms with E-state index in [9.17, 15) is 22.7 Å². The normalized spacial score (nSPS) is 13.6. The molecule has 3 rings (SSSR count). The van der Waals surface area contributed by atoms with Crippen molar-refractivity contribution in [2.24, 2.45) is 0 Å². The first-order valence-electron chi connectivity index (χ1n) is 8.15. The predicted octanol–water partition coefficient (Wildman–Crippen LogP) is 3.39. The molecule has 0 aliphatic rings. The Morgan fingerprint density at radius 1 is 1.21 bits per heavy atom. The average Bonchev–Trinajstić information content (AvgIpc) is 2.99. The van der Waals surface area contributed by atoms with Crippen molar-refractivity contribution in [3.8, 4) is 5.75 Å². The van der Waals surface area contributed by atoms with Gasteiger partial charge in [-0.3, -0.25) is 0 Å². The lowest BCUT2D eigenvalue weighted by Crippen LogP contribution is -2.35. The number of aryl methyl sites for hydroxylation is 1. The Morgan fingerprint density at radius 3 is 2.54 bits per heavy atom. The molecule has 0 amide bonds. The van der Waals surface area contributed by atoms with Gasteiger partial charge in [0.15, 0.2) is 0 Å². The van der Waals surface area contributed by atoms with Crippen molar-refractivity contribution in [3.63, 3.8) is 0 Å². The maximum absolute atomic E-state index is 14.6. The summed E-state index contributed by atoms with van der Waals surface area (Å²) >= 11 is 0. The fourth-order valence-corrected chi connectivity index (χ4v) is 2.76. The second-order valence-corrected chi connectivity index (χ2v) is 6.72. The molecule has 0 aliphatic heterocycles. The molecule has 2 heterocycles. The highest BCUT2D eigenvalue weighted by atomic mass is 19.4. The molecule has 0 saturated heterocycles. The molecule has 0 bridgehead atoms. The number of rotatable bonds is 5. The lowest BCUT2D eigenvalue weighted by atomic mass is 9.91. The third-order valence-electron chi connectivity index (χ3n) is 3.90. The second kappa shape index (κ2) is 6.89. The zero-order chi connectivity index (χ0) is 20.7. The van der Waals surface area contributed by atoms with Gasteiger partial charge >= 0.3 is 6.36 Å². The highest BCUT2D eigenvalue weighted by molar-refractivity contribution is 5.48. The van der Waals surface area contributed by atoms with Crippen LogP contribution in [0.15, 0.2) is 30.6 Å². The molecular weight excluding hydrogens is 382 g/mol. The minimum absolute atomic E-state index is 0.0512. The summed E-state index contributed by atoms with van der Waals surface area (Å²) in [5.74, 6) is -0.989. The number of halogens is 4. The molecule has 3 aromatic rings. The first-order valence-corrected chi connectivity index (χ1v) is 8.15. The van der Waals surface area contributed by atoms with Gasteiger partial charge in [-0.15, -0.1) is 13.2 Å². The summed E-state index contributed by atoms with van der Waals surface area (Å²) in [4.78, 5) is 8.18. The molecule has 28 heavy (non-hydrogen) atoms. The van der Waals surface area contributed by atoms with E-state index in [1.54, 1.807) is 13.0 Å². The van der Waals surface area contributed by atoms with Crippen molar-refractivity contribution in [1.29, 1.82) is 0 Å². The number of fused-ring (bicyclic) bond motifs is 1. The number of benzene rings is 1. The van der Waals surface area contributed by atoms with Crippen LogP contribution in [0.2, 0.25) is 0 Å². The van der Waals surface area contributed by atoms with Crippen LogP contribution >= 0.6 is 0 Å². The minimum atomic E-state index is -4.94. The van der Waals surface area contributed by atoms with Crippen LogP contribution in [0, 0.1) is 12.7 Å². The van der Waals surface area contributed by atoms with Crippen molar-refractivity contribution < 1.29 is 27.4 Å². The number of nitrogens with one attached hydrogen (secondary N) is 1. The van der Waals surface area contributed by atoms with E-state index in [1.807, 2.05) is 0 Å². The van der Waals surface area contributed by atoms with E-state index in [4.69, 9.17) is 0 Å². The van der Waals surface area contributed by atoms with Gasteiger partial charge in [0.1, 0.15) is 23.7 Å². The van der Waals surface area contributed by atoms with Gasteiger partial charge in [0, 0.05) is 23.4 Å². The summed E-state index contributed by atoms with van der Waals surface area (Å²) in [5.41, 5.74) is -0.936. The molecule has 1 atom stereocenters. The molecule has 0 saturated carbocycles. The molecule has 0 unspecified atom stereocenters. The van der Waals surface area contributed by atoms with Gasteiger partial charge in [-0.1, -0.05) is 6.07 Å². The summed E-state index contributed by atoms with van der Waals surface area (Å²) in [5, 5.41) is 17.6. The van der Waals surface area contributed by atoms with Crippen LogP contribution < -0.4 is 10.1 Å². The van der Waals surface area contributed by atoms with Crippen molar-refractivity contribution in [3.05, 3.63) is 47.7 Å². The standard InChI is InChI=1S/C17H17F4N5O2/c1-9-6-13(26-15(24-9)22-8-23-26)25-14(16(2,3)27)11-5-4-10(7-12(11)18)28-17(19,20)21/h4-8,14,25,27H,1-3H3/t14-/m0/s1. The predicted molar refractivity (Wildman–Crippen MR) is 91.3 cm³/mol. The lowest BCUT2D eigenvalue weighted by molar-refractivity contribution is -0.274. The quantitative estimate of drug-likeness (QED) is 0.640. The lowest BCUT2D eigenvalue weighted by Gasteiger charge is -2.31. The number of aliphatic hydroxyl groups is 1. The number of aromatic nitrogens is 4. The maximum Gasteiger partial charge on any atom is 0.573 e. The Bertz CT molecular complexity index is 997. The number of hydrogen-bond acceptors (Lipinski definition) is 6. The van der Waals surface area contributed by atoms with E-state index in [-0.39, 0.29) is 5.56 Å². The van der Waals surface area contributed by atoms with E-state index < -0.39 is 29.6 Å². The summed E-state index contributed by atoms with van der Waals surface area (Å²) in [7, 11) is 0. The highest BCUT2D eigenvalue weighted by Crippen LogP contribution is 2.34. The average molecular weight is 399 g/mol. The Morgan fingerprint density at radius 2 is 1.93 bits per heavy atom. The number of anilines is 1. The minimum Gasteiger partial charge on any atom is -0.406 e. The molecule has 0 spiro atoms. The van der Waals surface area contributed by atoms with E-state index in [1.165, 1.54) is 24.7 Å². The van der Waals surface area contributed by atoms with Crippen molar-refractivity contribution in [2.45, 2.75) is 38.8 Å². The monoisotopic (exact) mass is 399 g/mol. The second-order valence-electron chi connectivity index (χ2n) is 6.72. The van der Waals surface area contributed by atoms with E-state index in [2.05, 4.69) is 25.1 Å². The third kappa shape index (κ3) is 4.30. The van der Waals surface area contributed by atoms with Gasteiger partial charge in [-0.05, 0) is 26.8 Å². The maximum atomic E-state index is 14.6. The number of hydrogen-bond donors (Lipinski definition) is 2. The van der Waals surface area contributed by atoms with Crippen LogP contribution in [-0.2, 0) is 0 Å². The first kappa shape index (κ1) is 19.8. The van der Waals surface area contributed by atoms with Gasteiger partial charge in [0.25, 0.3) is 5.78 Å². The molecule has 0 radical (unpaired) electrons. The van der Waals surface area contributed by atoms with Gasteiger partial charge in [-0.25, -0.2) is 9.37 Å². The Hall–Kier alpha value is -2.95. The molecule has 0 fully saturated rings. The first-order chi connectivity index (χ1) is 12.9. The highest BCUT2D eigenvalue weighted by Gasteiger charge is 2.34. The van der Waals surface area contributed by atoms with Gasteiger partial charge in [0.2, 0.25) is 0 Å². The molecule has 11 heteroatoms. The molecule has 0 aliphatic carbocycles. The van der Waals surface area contributed by atoms with Crippen LogP contribution in [-0.4, -0.2) is 36.7 Å². The van der Waals surface area contributed by atoms with Crippen LogP contribution in [0.1, 0.15) is 31.1 Å². The SMILES string of the molecule is Cc1cc(N[C@@H](c2ccc(OC(F)(F)F)cc2F)C(C)(C)O)n2ncnc2n1. The number of nitrogens with zero attached hydrogens (tertiary/aromatic N) is 4. The summed E-state index contributed by atoms with van der Waals surface area (Å²) < 4.78 is 56.7.